The summed E-state index contributed by atoms with van der Waals surface area (Å²) in [5, 5.41) is 19.4. The van der Waals surface area contributed by atoms with Gasteiger partial charge in [-0.3, -0.25) is 0 Å². The van der Waals surface area contributed by atoms with E-state index in [1.807, 2.05) is 0 Å². The van der Waals surface area contributed by atoms with Gasteiger partial charge in [0.1, 0.15) is 11.6 Å². The van der Waals surface area contributed by atoms with Gasteiger partial charge in [0, 0.05) is 23.4 Å². The lowest BCUT2D eigenvalue weighted by Gasteiger charge is -2.22. The van der Waals surface area contributed by atoms with Crippen molar-refractivity contribution >= 4 is 23.3 Å². The summed E-state index contributed by atoms with van der Waals surface area (Å²) in [5.41, 5.74) is 2.37. The van der Waals surface area contributed by atoms with Crippen molar-refractivity contribution in [1.82, 2.24) is 15.3 Å². The molecule has 2 N–H and O–H groups in total. The maximum absolute atomic E-state index is 9.68. The van der Waals surface area contributed by atoms with Gasteiger partial charge in [-0.1, -0.05) is 51.8 Å². The lowest BCUT2D eigenvalue weighted by atomic mass is 9.93. The van der Waals surface area contributed by atoms with Crippen LogP contribution in [0.3, 0.4) is 0 Å². The fourth-order valence-electron chi connectivity index (χ4n) is 3.01. The van der Waals surface area contributed by atoms with Gasteiger partial charge in [-0.05, 0) is 24.3 Å². The van der Waals surface area contributed by atoms with E-state index in [1.165, 1.54) is 19.3 Å². The topological polar surface area (TPSA) is 73.6 Å². The van der Waals surface area contributed by atoms with Crippen molar-refractivity contribution in [2.45, 2.75) is 58.9 Å². The molecule has 0 radical (unpaired) electrons. The van der Waals surface area contributed by atoms with Crippen molar-refractivity contribution in [2.75, 3.05) is 5.32 Å². The summed E-state index contributed by atoms with van der Waals surface area (Å²) < 4.78 is 0. The summed E-state index contributed by atoms with van der Waals surface area (Å²) in [6.45, 7) is 6.45. The first kappa shape index (κ1) is 17.8. The first-order valence-corrected chi connectivity index (χ1v) is 9.74. The number of nitriles is 1. The van der Waals surface area contributed by atoms with E-state index in [9.17, 15) is 5.26 Å². The van der Waals surface area contributed by atoms with Crippen LogP contribution in [0, 0.1) is 16.7 Å². The third kappa shape index (κ3) is 4.35. The summed E-state index contributed by atoms with van der Waals surface area (Å²) in [6, 6.07) is 4.55. The highest BCUT2D eigenvalue weighted by Gasteiger charge is 2.25. The third-order valence-corrected chi connectivity index (χ3v) is 5.44. The number of nitrogens with one attached hydrogen (secondary N) is 2. The Bertz CT molecular complexity index is 733. The molecule has 1 aromatic heterocycles. The second-order valence-corrected chi connectivity index (χ2v) is 8.46. The minimum absolute atomic E-state index is 0.0225. The minimum Gasteiger partial charge on any atom is -0.351 e. The third-order valence-electron chi connectivity index (χ3n) is 4.54. The molecule has 2 heterocycles. The molecule has 1 aliphatic carbocycles. The lowest BCUT2D eigenvalue weighted by molar-refractivity contribution is 0.461. The molecular weight excluding hydrogens is 330 g/mol. The number of anilines is 1. The van der Waals surface area contributed by atoms with Crippen molar-refractivity contribution in [3.05, 3.63) is 34.1 Å². The zero-order chi connectivity index (χ0) is 17.9. The van der Waals surface area contributed by atoms with Crippen molar-refractivity contribution in [3.63, 3.8) is 0 Å². The summed E-state index contributed by atoms with van der Waals surface area (Å²) >= 11 is 1.55. The van der Waals surface area contributed by atoms with Gasteiger partial charge in [-0.15, -0.1) is 0 Å². The van der Waals surface area contributed by atoms with Gasteiger partial charge >= 0.3 is 0 Å². The summed E-state index contributed by atoms with van der Waals surface area (Å²) in [4.78, 5) is 8.93. The Labute approximate surface area is 154 Å². The predicted octanol–water partition coefficient (Wildman–Crippen LogP) is 4.64. The van der Waals surface area contributed by atoms with Crippen LogP contribution in [-0.4, -0.2) is 16.0 Å². The van der Waals surface area contributed by atoms with Crippen LogP contribution in [0.4, 0.5) is 5.95 Å². The summed E-state index contributed by atoms with van der Waals surface area (Å²) in [6.07, 6.45) is 7.88. The quantitative estimate of drug-likeness (QED) is 0.770. The van der Waals surface area contributed by atoms with Crippen molar-refractivity contribution in [3.8, 4) is 6.07 Å². The second kappa shape index (κ2) is 7.49. The first-order chi connectivity index (χ1) is 12.0. The largest absolute Gasteiger partial charge is 0.351 e. The Morgan fingerprint density at radius 3 is 2.72 bits per heavy atom. The van der Waals surface area contributed by atoms with Gasteiger partial charge < -0.3 is 10.6 Å². The minimum atomic E-state index is 0.0225. The zero-order valence-corrected chi connectivity index (χ0v) is 15.9. The van der Waals surface area contributed by atoms with Gasteiger partial charge in [0.15, 0.2) is 0 Å². The number of nitrogens with zero attached hydrogens (tertiary/aromatic N) is 3. The average Bonchev–Trinajstić information content (AvgIpc) is 3.07. The van der Waals surface area contributed by atoms with Crippen LogP contribution in [0.25, 0.3) is 5.57 Å². The molecule has 132 valence electrons. The molecular formula is C19H25N5S. The normalized spacial score (nSPS) is 20.5. The fraction of sp³-hybridized carbons (Fsp3) is 0.526. The van der Waals surface area contributed by atoms with Crippen LogP contribution in [0.5, 0.6) is 0 Å². The molecule has 5 nitrogen and oxygen atoms in total. The number of hydrogen-bond acceptors (Lipinski definition) is 6. The maximum atomic E-state index is 9.68. The number of allylic oxidation sites excluding steroid dienone is 2. The van der Waals surface area contributed by atoms with Crippen LogP contribution in [0.2, 0.25) is 0 Å². The van der Waals surface area contributed by atoms with Crippen LogP contribution >= 0.6 is 11.8 Å². The van der Waals surface area contributed by atoms with E-state index >= 15 is 0 Å². The highest BCUT2D eigenvalue weighted by molar-refractivity contribution is 8.06. The molecule has 0 amide bonds. The van der Waals surface area contributed by atoms with E-state index in [0.717, 1.165) is 23.6 Å². The average molecular weight is 356 g/mol. The monoisotopic (exact) mass is 355 g/mol. The summed E-state index contributed by atoms with van der Waals surface area (Å²) in [7, 11) is 0. The van der Waals surface area contributed by atoms with E-state index in [2.05, 4.69) is 52.9 Å². The van der Waals surface area contributed by atoms with E-state index in [1.54, 1.807) is 24.0 Å². The Hall–Kier alpha value is -2.00. The molecule has 2 aliphatic rings. The zero-order valence-electron chi connectivity index (χ0n) is 15.1. The number of thioether (sulfide) groups is 1. The van der Waals surface area contributed by atoms with Gasteiger partial charge in [-0.25, -0.2) is 9.97 Å². The van der Waals surface area contributed by atoms with Crippen LogP contribution in [0.15, 0.2) is 28.4 Å². The number of aromatic nitrogens is 2. The highest BCUT2D eigenvalue weighted by atomic mass is 32.2. The molecule has 3 rings (SSSR count). The summed E-state index contributed by atoms with van der Waals surface area (Å²) in [5.74, 6) is 0.616. The molecule has 0 saturated heterocycles. The second-order valence-electron chi connectivity index (χ2n) is 7.59. The first-order valence-electron chi connectivity index (χ1n) is 8.86. The molecule has 6 heteroatoms. The molecule has 0 spiro atoms. The van der Waals surface area contributed by atoms with Crippen LogP contribution in [-0.2, 0) is 0 Å². The Balaban J connectivity index is 1.79. The highest BCUT2D eigenvalue weighted by Crippen LogP contribution is 2.37. The van der Waals surface area contributed by atoms with E-state index in [0.29, 0.717) is 23.3 Å². The van der Waals surface area contributed by atoms with Crippen LogP contribution < -0.4 is 10.6 Å². The van der Waals surface area contributed by atoms with Crippen molar-refractivity contribution < 1.29 is 0 Å². The maximum Gasteiger partial charge on any atom is 0.223 e. The van der Waals surface area contributed by atoms with Gasteiger partial charge in [-0.2, -0.15) is 5.26 Å². The molecule has 0 atom stereocenters. The molecule has 1 aromatic rings. The van der Waals surface area contributed by atoms with Crippen molar-refractivity contribution in [2.24, 2.45) is 5.41 Å². The number of rotatable bonds is 3. The van der Waals surface area contributed by atoms with Crippen LogP contribution in [0.1, 0.15) is 58.6 Å². The molecule has 1 saturated carbocycles. The standard InChI is InChI=1S/C19H25N5S/c1-19(2,3)16-12-25-17(24-16)14(11-20)15-9-10-21-18(23-15)22-13-7-5-4-6-8-13/h9-10,12-13,24H,4-8H2,1-3H3,(H,21,22,23)/b17-14-. The Morgan fingerprint density at radius 2 is 2.08 bits per heavy atom. The van der Waals surface area contributed by atoms with E-state index in [4.69, 9.17) is 0 Å². The number of hydrogen-bond donors (Lipinski definition) is 2. The SMILES string of the molecule is CC(C)(C)C1=CS/C(=C(/C#N)c2ccnc(NC3CCCCC3)n2)N1. The molecule has 1 fully saturated rings. The molecule has 0 unspecified atom stereocenters. The molecule has 0 bridgehead atoms. The van der Waals surface area contributed by atoms with E-state index < -0.39 is 0 Å². The predicted molar refractivity (Wildman–Crippen MR) is 103 cm³/mol. The van der Waals surface area contributed by atoms with Gasteiger partial charge in [0.2, 0.25) is 5.95 Å². The van der Waals surface area contributed by atoms with Gasteiger partial charge in [0.25, 0.3) is 0 Å². The Morgan fingerprint density at radius 1 is 1.32 bits per heavy atom. The molecule has 25 heavy (non-hydrogen) atoms. The smallest absolute Gasteiger partial charge is 0.223 e. The van der Waals surface area contributed by atoms with Crippen molar-refractivity contribution in [1.29, 1.82) is 5.26 Å². The van der Waals surface area contributed by atoms with E-state index in [-0.39, 0.29) is 5.41 Å². The lowest BCUT2D eigenvalue weighted by Crippen LogP contribution is -2.23. The Kier molecular flexibility index (Phi) is 5.33. The fourth-order valence-corrected chi connectivity index (χ4v) is 4.09. The van der Waals surface area contributed by atoms with Gasteiger partial charge in [0.05, 0.1) is 10.7 Å². The molecule has 1 aliphatic heterocycles. The molecule has 0 aromatic carbocycles.